The van der Waals surface area contributed by atoms with Gasteiger partial charge in [0.25, 0.3) is 5.91 Å². The fourth-order valence-electron chi connectivity index (χ4n) is 9.07. The number of aliphatic imine (C=N–C) groups is 1. The molecule has 4 aliphatic heterocycles. The SMILES string of the molecule is Cc1c(C#Cc2cnn(CCCN3CC(CNc4cccc5c4CN(C4CCC(=O)NC4=O)C5=O)C3)c2)sc2c1C(C1CCC(Cl)CC1)=N[C@@H](C)c1nnc(C)n1-2. The van der Waals surface area contributed by atoms with Gasteiger partial charge in [0.1, 0.15) is 22.9 Å². The first-order valence-electron chi connectivity index (χ1n) is 20.2. The van der Waals surface area contributed by atoms with Crippen molar-refractivity contribution in [3.63, 3.8) is 0 Å². The number of hydrogen-bond donors (Lipinski definition) is 2. The van der Waals surface area contributed by atoms with Crippen molar-refractivity contribution in [3.05, 3.63) is 74.9 Å². The number of fused-ring (bicyclic) bond motifs is 4. The number of alkyl halides is 1. The van der Waals surface area contributed by atoms with Crippen LogP contribution in [0.15, 0.2) is 35.6 Å². The van der Waals surface area contributed by atoms with Crippen molar-refractivity contribution in [3.8, 4) is 16.8 Å². The van der Waals surface area contributed by atoms with Gasteiger partial charge in [-0.3, -0.25) is 33.9 Å². The van der Waals surface area contributed by atoms with E-state index in [4.69, 9.17) is 16.6 Å². The van der Waals surface area contributed by atoms with E-state index in [1.807, 2.05) is 42.2 Å². The molecule has 2 atom stereocenters. The van der Waals surface area contributed by atoms with Crippen LogP contribution >= 0.6 is 22.9 Å². The largest absolute Gasteiger partial charge is 0.384 e. The topological polar surface area (TPSA) is 143 Å². The van der Waals surface area contributed by atoms with E-state index in [1.54, 1.807) is 16.2 Å². The number of nitrogens with one attached hydrogen (secondary N) is 2. The number of carbonyl (C=O) groups is 3. The highest BCUT2D eigenvalue weighted by Gasteiger charge is 2.40. The predicted octanol–water partition coefficient (Wildman–Crippen LogP) is 5.40. The molecule has 2 N–H and O–H groups in total. The van der Waals surface area contributed by atoms with Crippen LogP contribution < -0.4 is 10.6 Å². The van der Waals surface area contributed by atoms with E-state index in [0.29, 0.717) is 30.4 Å². The van der Waals surface area contributed by atoms with Crippen LogP contribution in [0.1, 0.15) is 107 Å². The molecule has 9 rings (SSSR count). The molecule has 1 saturated carbocycles. The van der Waals surface area contributed by atoms with Crippen molar-refractivity contribution in [1.29, 1.82) is 0 Å². The number of carbonyl (C=O) groups excluding carboxylic acids is 3. The molecule has 296 valence electrons. The van der Waals surface area contributed by atoms with Gasteiger partial charge in [-0.1, -0.05) is 17.9 Å². The van der Waals surface area contributed by atoms with Crippen molar-refractivity contribution < 1.29 is 14.4 Å². The molecule has 0 bridgehead atoms. The second-order valence-corrected chi connectivity index (χ2v) is 17.8. The Kier molecular flexibility index (Phi) is 10.3. The number of halogens is 1. The summed E-state index contributed by atoms with van der Waals surface area (Å²) >= 11 is 8.21. The van der Waals surface area contributed by atoms with Gasteiger partial charge in [0, 0.05) is 90.6 Å². The lowest BCUT2D eigenvalue weighted by Gasteiger charge is -2.39. The van der Waals surface area contributed by atoms with Crippen LogP contribution in [0.3, 0.4) is 0 Å². The lowest BCUT2D eigenvalue weighted by atomic mass is 9.82. The maximum Gasteiger partial charge on any atom is 0.255 e. The summed E-state index contributed by atoms with van der Waals surface area (Å²) in [5.41, 5.74) is 6.91. The lowest BCUT2D eigenvalue weighted by Crippen LogP contribution is -2.52. The van der Waals surface area contributed by atoms with Crippen LogP contribution in [-0.2, 0) is 22.7 Å². The summed E-state index contributed by atoms with van der Waals surface area (Å²) < 4.78 is 4.17. The molecule has 15 heteroatoms. The molecule has 0 radical (unpaired) electrons. The maximum absolute atomic E-state index is 13.2. The average Bonchev–Trinajstić information content (AvgIpc) is 3.94. The van der Waals surface area contributed by atoms with Crippen molar-refractivity contribution in [1.82, 2.24) is 39.7 Å². The molecule has 3 aromatic heterocycles. The Morgan fingerprint density at radius 3 is 2.67 bits per heavy atom. The van der Waals surface area contributed by atoms with Gasteiger partial charge in [0.15, 0.2) is 5.82 Å². The number of imide groups is 1. The minimum absolute atomic E-state index is 0.0772. The van der Waals surface area contributed by atoms with Gasteiger partial charge in [0.05, 0.1) is 16.6 Å². The summed E-state index contributed by atoms with van der Waals surface area (Å²) in [6.45, 7) is 11.3. The fourth-order valence-corrected chi connectivity index (χ4v) is 10.6. The number of amides is 3. The van der Waals surface area contributed by atoms with Crippen molar-refractivity contribution in [2.45, 2.75) is 96.3 Å². The Morgan fingerprint density at radius 2 is 1.86 bits per heavy atom. The highest BCUT2D eigenvalue weighted by atomic mass is 35.5. The summed E-state index contributed by atoms with van der Waals surface area (Å²) in [6.07, 6.45) is 9.58. The molecule has 2 saturated heterocycles. The van der Waals surface area contributed by atoms with Crippen LogP contribution in [0.25, 0.3) is 5.00 Å². The number of likely N-dealkylation sites (tertiary alicyclic amines) is 1. The van der Waals surface area contributed by atoms with Crippen molar-refractivity contribution >= 4 is 52.1 Å². The third-order valence-electron chi connectivity index (χ3n) is 12.2. The van der Waals surface area contributed by atoms with Crippen molar-refractivity contribution in [2.75, 3.05) is 31.5 Å². The number of piperidine rings is 1. The zero-order valence-electron chi connectivity index (χ0n) is 32.6. The third kappa shape index (κ3) is 7.30. The Bertz CT molecular complexity index is 2340. The summed E-state index contributed by atoms with van der Waals surface area (Å²) in [5, 5.41) is 20.9. The number of aromatic nitrogens is 5. The Morgan fingerprint density at radius 1 is 1.04 bits per heavy atom. The summed E-state index contributed by atoms with van der Waals surface area (Å²) in [5.74, 6) is 8.68. The molecule has 57 heavy (non-hydrogen) atoms. The van der Waals surface area contributed by atoms with Gasteiger partial charge < -0.3 is 15.1 Å². The summed E-state index contributed by atoms with van der Waals surface area (Å²) in [7, 11) is 0. The zero-order valence-corrected chi connectivity index (χ0v) is 34.1. The minimum Gasteiger partial charge on any atom is -0.384 e. The molecule has 4 aromatic rings. The first kappa shape index (κ1) is 37.7. The normalized spacial score (nSPS) is 23.5. The van der Waals surface area contributed by atoms with E-state index in [9.17, 15) is 14.4 Å². The highest BCUT2D eigenvalue weighted by Crippen LogP contribution is 2.42. The van der Waals surface area contributed by atoms with Gasteiger partial charge in [-0.15, -0.1) is 33.1 Å². The zero-order chi connectivity index (χ0) is 39.4. The Balaban J connectivity index is 0.780. The smallest absolute Gasteiger partial charge is 0.255 e. The van der Waals surface area contributed by atoms with E-state index < -0.39 is 6.04 Å². The quantitative estimate of drug-likeness (QED) is 0.130. The maximum atomic E-state index is 13.2. The molecule has 5 aliphatic rings. The van der Waals surface area contributed by atoms with Crippen LogP contribution in [0.4, 0.5) is 5.69 Å². The van der Waals surface area contributed by atoms with Crippen LogP contribution in [0, 0.1) is 37.5 Å². The van der Waals surface area contributed by atoms with Crippen molar-refractivity contribution in [2.24, 2.45) is 16.8 Å². The van der Waals surface area contributed by atoms with Gasteiger partial charge >= 0.3 is 0 Å². The summed E-state index contributed by atoms with van der Waals surface area (Å²) in [4.78, 5) is 47.7. The highest BCUT2D eigenvalue weighted by molar-refractivity contribution is 7.15. The fraction of sp³-hybridized carbons (Fsp3) is 0.500. The Labute approximate surface area is 341 Å². The number of hydrogen-bond acceptors (Lipinski definition) is 10. The molecule has 1 aromatic carbocycles. The average molecular weight is 807 g/mol. The molecule has 1 unspecified atom stereocenters. The molecule has 1 aliphatic carbocycles. The molecule has 7 heterocycles. The van der Waals surface area contributed by atoms with Gasteiger partial charge in [-0.2, -0.15) is 5.10 Å². The van der Waals surface area contributed by atoms with Gasteiger partial charge in [-0.25, -0.2) is 0 Å². The van der Waals surface area contributed by atoms with E-state index in [-0.39, 0.29) is 35.6 Å². The minimum atomic E-state index is -0.613. The standard InChI is InChI=1S/C42H47ClN10O3S/c1-24-35(57-42-37(24)38(29-9-11-30(43)12-10-29)46-25(2)39-49-48-26(3)53(39)42)14-8-27-19-45-51(22-27)17-5-16-50-20-28(21-50)18-44-33-7-4-6-31-32(33)23-52(41(31)56)34-13-15-36(54)47-40(34)55/h4,6-7,19,22,25,28-30,34,44H,5,9-13,15-18,20-21,23H2,1-3H3,(H,47,54,55)/t25-,29?,30?,34?/m0/s1. The number of aryl methyl sites for hydroxylation is 2. The number of rotatable bonds is 9. The second kappa shape index (κ2) is 15.5. The van der Waals surface area contributed by atoms with Gasteiger partial charge in [-0.05, 0) is 83.5 Å². The Hall–Kier alpha value is -4.84. The monoisotopic (exact) mass is 806 g/mol. The molecular weight excluding hydrogens is 760 g/mol. The molecule has 13 nitrogen and oxygen atoms in total. The number of thiophene rings is 1. The van der Waals surface area contributed by atoms with E-state index in [0.717, 1.165) is 109 Å². The van der Waals surface area contributed by atoms with Crippen LogP contribution in [0.2, 0.25) is 0 Å². The molecular formula is C42H47ClN10O3S. The molecule has 3 fully saturated rings. The molecule has 0 spiro atoms. The van der Waals surface area contributed by atoms with Crippen LogP contribution in [-0.4, -0.2) is 95.4 Å². The van der Waals surface area contributed by atoms with E-state index in [1.165, 1.54) is 11.3 Å². The third-order valence-corrected chi connectivity index (χ3v) is 13.8. The van der Waals surface area contributed by atoms with Crippen LogP contribution in [0.5, 0.6) is 0 Å². The van der Waals surface area contributed by atoms with E-state index in [2.05, 4.69) is 61.1 Å². The first-order chi connectivity index (χ1) is 27.6. The first-order valence-corrected chi connectivity index (χ1v) is 21.4. The number of anilines is 1. The number of nitrogens with zero attached hydrogens (tertiary/aromatic N) is 8. The number of benzene rings is 1. The summed E-state index contributed by atoms with van der Waals surface area (Å²) in [6, 6.07) is 5.02. The van der Waals surface area contributed by atoms with E-state index >= 15 is 0 Å². The van der Waals surface area contributed by atoms with Gasteiger partial charge in [0.2, 0.25) is 11.8 Å². The lowest BCUT2D eigenvalue weighted by molar-refractivity contribution is -0.136. The second-order valence-electron chi connectivity index (χ2n) is 16.2. The predicted molar refractivity (Wildman–Crippen MR) is 219 cm³/mol. The molecule has 3 amide bonds.